The fourth-order valence-corrected chi connectivity index (χ4v) is 2.75. The molecule has 0 saturated carbocycles. The maximum absolute atomic E-state index is 11.6. The topological polar surface area (TPSA) is 81.5 Å². The second-order valence-corrected chi connectivity index (χ2v) is 6.60. The Morgan fingerprint density at radius 2 is 1.42 bits per heavy atom. The average Bonchev–Trinajstić information content (AvgIpc) is 2.63. The van der Waals surface area contributed by atoms with Gasteiger partial charge in [-0.1, -0.05) is 71.1 Å². The third-order valence-corrected chi connectivity index (χ3v) is 4.31. The molecule has 146 valence electrons. The lowest BCUT2D eigenvalue weighted by molar-refractivity contribution is -0.384. The number of benzene rings is 1. The summed E-state index contributed by atoms with van der Waals surface area (Å²) < 4.78 is 5.12. The highest BCUT2D eigenvalue weighted by atomic mass is 16.6. The number of carbonyl (C=O) groups is 1. The largest absolute Gasteiger partial charge is 0.449 e. The second kappa shape index (κ2) is 14.1. The van der Waals surface area contributed by atoms with Crippen LogP contribution in [0.25, 0.3) is 0 Å². The minimum Gasteiger partial charge on any atom is -0.449 e. The zero-order chi connectivity index (χ0) is 19.0. The molecule has 0 unspecified atom stereocenters. The Balaban J connectivity index is 1.96. The summed E-state index contributed by atoms with van der Waals surface area (Å²) >= 11 is 0. The molecule has 6 heteroatoms. The molecule has 1 amide bonds. The molecule has 0 bridgehead atoms. The van der Waals surface area contributed by atoms with Crippen LogP contribution < -0.4 is 5.32 Å². The van der Waals surface area contributed by atoms with Crippen LogP contribution in [0.1, 0.15) is 77.6 Å². The van der Waals surface area contributed by atoms with Gasteiger partial charge in [-0.05, 0) is 18.6 Å². The third-order valence-electron chi connectivity index (χ3n) is 4.31. The Bertz CT molecular complexity index is 517. The van der Waals surface area contributed by atoms with Crippen LogP contribution >= 0.6 is 0 Å². The molecule has 6 nitrogen and oxygen atoms in total. The molecule has 0 saturated heterocycles. The molecule has 0 aliphatic rings. The van der Waals surface area contributed by atoms with Crippen molar-refractivity contribution in [1.82, 2.24) is 0 Å². The van der Waals surface area contributed by atoms with Gasteiger partial charge in [0.15, 0.2) is 0 Å². The summed E-state index contributed by atoms with van der Waals surface area (Å²) in [7, 11) is 0. The first-order valence-electron chi connectivity index (χ1n) is 9.81. The van der Waals surface area contributed by atoms with Crippen molar-refractivity contribution in [1.29, 1.82) is 0 Å². The minimum absolute atomic E-state index is 0.00937. The van der Waals surface area contributed by atoms with E-state index in [1.54, 1.807) is 0 Å². The molecule has 0 spiro atoms. The number of hydrogen-bond donors (Lipinski definition) is 1. The number of nitro groups is 1. The smallest absolute Gasteiger partial charge is 0.411 e. The minimum atomic E-state index is -0.522. The molecule has 0 radical (unpaired) electrons. The number of unbranched alkanes of at least 4 members (excludes halogenated alkanes) is 10. The normalized spacial score (nSPS) is 10.5. The van der Waals surface area contributed by atoms with Crippen molar-refractivity contribution in [2.45, 2.75) is 77.6 Å². The first kappa shape index (κ1) is 21.9. The number of anilines is 1. The van der Waals surface area contributed by atoms with E-state index in [0.29, 0.717) is 12.3 Å². The number of nitrogens with zero attached hydrogens (tertiary/aromatic N) is 1. The molecule has 1 rings (SSSR count). The van der Waals surface area contributed by atoms with E-state index in [9.17, 15) is 14.9 Å². The van der Waals surface area contributed by atoms with Crippen LogP contribution in [0.15, 0.2) is 24.3 Å². The molecule has 0 aromatic heterocycles. The van der Waals surface area contributed by atoms with E-state index in [4.69, 9.17) is 4.74 Å². The van der Waals surface area contributed by atoms with Gasteiger partial charge in [-0.3, -0.25) is 15.4 Å². The van der Waals surface area contributed by atoms with Gasteiger partial charge < -0.3 is 4.74 Å². The molecule has 26 heavy (non-hydrogen) atoms. The van der Waals surface area contributed by atoms with Crippen LogP contribution in [-0.4, -0.2) is 17.6 Å². The SMILES string of the molecule is CCCCCCCCCCCCCOC(=O)Nc1ccc([N+](=O)[O-])cc1. The number of nitro benzene ring substituents is 1. The lowest BCUT2D eigenvalue weighted by Crippen LogP contribution is -2.14. The lowest BCUT2D eigenvalue weighted by atomic mass is 10.1. The molecule has 1 N–H and O–H groups in total. The van der Waals surface area contributed by atoms with Crippen molar-refractivity contribution >= 4 is 17.5 Å². The van der Waals surface area contributed by atoms with Crippen molar-refractivity contribution < 1.29 is 14.5 Å². The fourth-order valence-electron chi connectivity index (χ4n) is 2.75. The van der Waals surface area contributed by atoms with Gasteiger partial charge in [-0.2, -0.15) is 0 Å². The number of amides is 1. The quantitative estimate of drug-likeness (QED) is 0.233. The molecule has 1 aromatic carbocycles. The average molecular weight is 364 g/mol. The first-order valence-corrected chi connectivity index (χ1v) is 9.81. The van der Waals surface area contributed by atoms with Crippen molar-refractivity contribution in [3.8, 4) is 0 Å². The predicted molar refractivity (Wildman–Crippen MR) is 105 cm³/mol. The summed E-state index contributed by atoms with van der Waals surface area (Å²) in [5, 5.41) is 13.1. The number of rotatable bonds is 14. The van der Waals surface area contributed by atoms with Gasteiger partial charge in [-0.15, -0.1) is 0 Å². The summed E-state index contributed by atoms with van der Waals surface area (Å²) in [4.78, 5) is 21.7. The number of nitrogens with one attached hydrogen (secondary N) is 1. The van der Waals surface area contributed by atoms with Crippen molar-refractivity contribution in [2.75, 3.05) is 11.9 Å². The van der Waals surface area contributed by atoms with Crippen LogP contribution in [0.5, 0.6) is 0 Å². The Morgan fingerprint density at radius 1 is 0.923 bits per heavy atom. The van der Waals surface area contributed by atoms with E-state index in [0.717, 1.165) is 12.8 Å². The van der Waals surface area contributed by atoms with Gasteiger partial charge in [-0.25, -0.2) is 4.79 Å². The molecule has 0 aliphatic carbocycles. The van der Waals surface area contributed by atoms with Crippen molar-refractivity contribution in [3.05, 3.63) is 34.4 Å². The number of ether oxygens (including phenoxy) is 1. The zero-order valence-electron chi connectivity index (χ0n) is 15.9. The van der Waals surface area contributed by atoms with Crippen LogP contribution in [0.2, 0.25) is 0 Å². The predicted octanol–water partition coefficient (Wildman–Crippen LogP) is 6.45. The van der Waals surface area contributed by atoms with Gasteiger partial charge in [0.25, 0.3) is 5.69 Å². The molecule has 0 aliphatic heterocycles. The summed E-state index contributed by atoms with van der Waals surface area (Å²) in [5.41, 5.74) is 0.476. The molecular formula is C20H32N2O4. The van der Waals surface area contributed by atoms with E-state index >= 15 is 0 Å². The van der Waals surface area contributed by atoms with Gasteiger partial charge >= 0.3 is 6.09 Å². The third kappa shape index (κ3) is 10.7. The van der Waals surface area contributed by atoms with E-state index < -0.39 is 11.0 Å². The van der Waals surface area contributed by atoms with Crippen LogP contribution in [0, 0.1) is 10.1 Å². The Labute approximate surface area is 156 Å². The van der Waals surface area contributed by atoms with Gasteiger partial charge in [0.1, 0.15) is 0 Å². The molecular weight excluding hydrogens is 332 g/mol. The maximum Gasteiger partial charge on any atom is 0.411 e. The summed E-state index contributed by atoms with van der Waals surface area (Å²) in [6, 6.07) is 5.67. The van der Waals surface area contributed by atoms with Gasteiger partial charge in [0.05, 0.1) is 11.5 Å². The Kier molecular flexibility index (Phi) is 11.9. The van der Waals surface area contributed by atoms with E-state index in [1.807, 2.05) is 0 Å². The van der Waals surface area contributed by atoms with Crippen LogP contribution in [0.4, 0.5) is 16.2 Å². The maximum atomic E-state index is 11.6. The highest BCUT2D eigenvalue weighted by Gasteiger charge is 2.06. The number of non-ortho nitro benzene ring substituents is 1. The second-order valence-electron chi connectivity index (χ2n) is 6.60. The highest BCUT2D eigenvalue weighted by molar-refractivity contribution is 5.84. The lowest BCUT2D eigenvalue weighted by Gasteiger charge is -2.07. The summed E-state index contributed by atoms with van der Waals surface area (Å²) in [5.74, 6) is 0. The highest BCUT2D eigenvalue weighted by Crippen LogP contribution is 2.15. The Hall–Kier alpha value is -2.11. The molecule has 0 heterocycles. The van der Waals surface area contributed by atoms with E-state index in [1.165, 1.54) is 82.1 Å². The number of hydrogen-bond acceptors (Lipinski definition) is 4. The number of carbonyl (C=O) groups excluding carboxylic acids is 1. The van der Waals surface area contributed by atoms with E-state index in [-0.39, 0.29) is 5.69 Å². The monoisotopic (exact) mass is 364 g/mol. The zero-order valence-corrected chi connectivity index (χ0v) is 15.9. The first-order chi connectivity index (χ1) is 12.6. The molecule has 1 aromatic rings. The molecule has 0 fully saturated rings. The van der Waals surface area contributed by atoms with Crippen molar-refractivity contribution in [2.24, 2.45) is 0 Å². The Morgan fingerprint density at radius 3 is 1.92 bits per heavy atom. The standard InChI is InChI=1S/C20H32N2O4/c1-2-3-4-5-6-7-8-9-10-11-12-17-26-20(23)21-18-13-15-19(16-14-18)22(24)25/h13-16H,2-12,17H2,1H3,(H,21,23). The van der Waals surface area contributed by atoms with E-state index in [2.05, 4.69) is 12.2 Å². The fraction of sp³-hybridized carbons (Fsp3) is 0.650. The van der Waals surface area contributed by atoms with Gasteiger partial charge in [0.2, 0.25) is 0 Å². The van der Waals surface area contributed by atoms with Gasteiger partial charge in [0, 0.05) is 17.8 Å². The summed E-state index contributed by atoms with van der Waals surface area (Å²) in [6.45, 7) is 2.64. The van der Waals surface area contributed by atoms with Crippen LogP contribution in [-0.2, 0) is 4.74 Å². The van der Waals surface area contributed by atoms with Crippen molar-refractivity contribution in [3.63, 3.8) is 0 Å². The summed E-state index contributed by atoms with van der Waals surface area (Å²) in [6.07, 6.45) is 13.2. The molecule has 0 atom stereocenters. The van der Waals surface area contributed by atoms with Crippen LogP contribution in [0.3, 0.4) is 0 Å².